The molecule has 0 aliphatic heterocycles. The van der Waals surface area contributed by atoms with Gasteiger partial charge in [0, 0.05) is 30.5 Å². The number of nitrogens with one attached hydrogen (secondary N) is 1. The Hall–Kier alpha value is -1.87. The van der Waals surface area contributed by atoms with Crippen LogP contribution in [0.15, 0.2) is 48.5 Å². The molecule has 0 saturated heterocycles. The number of hydrogen-bond acceptors (Lipinski definition) is 2. The monoisotopic (exact) mass is 286 g/mol. The minimum Gasteiger partial charge on any atom is -0.345 e. The molecule has 0 aromatic heterocycles. The van der Waals surface area contributed by atoms with E-state index in [9.17, 15) is 4.39 Å². The molecule has 112 valence electrons. The summed E-state index contributed by atoms with van der Waals surface area (Å²) in [5, 5.41) is 3.47. The van der Waals surface area contributed by atoms with Crippen LogP contribution in [0.2, 0.25) is 0 Å². The minimum absolute atomic E-state index is 0.115. The van der Waals surface area contributed by atoms with Crippen LogP contribution in [0.25, 0.3) is 0 Å². The summed E-state index contributed by atoms with van der Waals surface area (Å²) in [6.07, 6.45) is 0. The molecule has 0 spiro atoms. The Labute approximate surface area is 126 Å². The van der Waals surface area contributed by atoms with Gasteiger partial charge in [-0.05, 0) is 62.7 Å². The van der Waals surface area contributed by atoms with Gasteiger partial charge < -0.3 is 10.2 Å². The van der Waals surface area contributed by atoms with Crippen LogP contribution < -0.4 is 10.2 Å². The minimum atomic E-state index is -0.212. The molecule has 0 amide bonds. The van der Waals surface area contributed by atoms with Crippen molar-refractivity contribution in [3.8, 4) is 0 Å². The third-order valence-electron chi connectivity index (χ3n) is 3.36. The zero-order valence-electron chi connectivity index (χ0n) is 13.2. The molecule has 0 unspecified atom stereocenters. The molecule has 0 saturated carbocycles. The van der Waals surface area contributed by atoms with Crippen LogP contribution in [-0.2, 0) is 6.54 Å². The fraction of sp³-hybridized carbons (Fsp3) is 0.333. The van der Waals surface area contributed by atoms with Crippen molar-refractivity contribution < 1.29 is 4.39 Å². The van der Waals surface area contributed by atoms with Crippen LogP contribution in [0, 0.1) is 5.82 Å². The molecular weight excluding hydrogens is 263 g/mol. The first-order valence-corrected chi connectivity index (χ1v) is 7.18. The molecular formula is C18H23FN2. The van der Waals surface area contributed by atoms with Gasteiger partial charge in [0.15, 0.2) is 0 Å². The van der Waals surface area contributed by atoms with Crippen molar-refractivity contribution in [1.29, 1.82) is 0 Å². The van der Waals surface area contributed by atoms with E-state index < -0.39 is 0 Å². The highest BCUT2D eigenvalue weighted by Crippen LogP contribution is 2.24. The first kappa shape index (κ1) is 15.5. The van der Waals surface area contributed by atoms with Gasteiger partial charge in [-0.2, -0.15) is 0 Å². The fourth-order valence-corrected chi connectivity index (χ4v) is 2.02. The normalized spacial score (nSPS) is 11.5. The van der Waals surface area contributed by atoms with Crippen molar-refractivity contribution in [1.82, 2.24) is 5.32 Å². The maximum atomic E-state index is 13.0. The number of rotatable bonds is 4. The lowest BCUT2D eigenvalue weighted by Gasteiger charge is -2.22. The second-order valence-electron chi connectivity index (χ2n) is 6.31. The van der Waals surface area contributed by atoms with Crippen LogP contribution in [0.3, 0.4) is 0 Å². The fourth-order valence-electron chi connectivity index (χ4n) is 2.02. The summed E-state index contributed by atoms with van der Waals surface area (Å²) in [6, 6.07) is 14.9. The van der Waals surface area contributed by atoms with E-state index in [1.54, 1.807) is 12.1 Å². The average Bonchev–Trinajstić information content (AvgIpc) is 2.45. The summed E-state index contributed by atoms with van der Waals surface area (Å²) < 4.78 is 13.0. The second kappa shape index (κ2) is 6.27. The van der Waals surface area contributed by atoms with Crippen LogP contribution in [-0.4, -0.2) is 12.6 Å². The van der Waals surface area contributed by atoms with Crippen LogP contribution in [0.5, 0.6) is 0 Å². The first-order chi connectivity index (χ1) is 9.85. The van der Waals surface area contributed by atoms with Gasteiger partial charge in [0.25, 0.3) is 0 Å². The smallest absolute Gasteiger partial charge is 0.123 e. The summed E-state index contributed by atoms with van der Waals surface area (Å²) in [5.41, 5.74) is 3.42. The lowest BCUT2D eigenvalue weighted by molar-refractivity contribution is 0.424. The molecule has 0 fully saturated rings. The zero-order chi connectivity index (χ0) is 15.5. The van der Waals surface area contributed by atoms with E-state index in [4.69, 9.17) is 0 Å². The van der Waals surface area contributed by atoms with E-state index in [0.717, 1.165) is 17.9 Å². The van der Waals surface area contributed by atoms with E-state index in [0.29, 0.717) is 0 Å². The van der Waals surface area contributed by atoms with Gasteiger partial charge >= 0.3 is 0 Å². The number of anilines is 2. The first-order valence-electron chi connectivity index (χ1n) is 7.18. The van der Waals surface area contributed by atoms with Gasteiger partial charge in [0.1, 0.15) is 5.82 Å². The van der Waals surface area contributed by atoms with Gasteiger partial charge in [-0.1, -0.05) is 12.1 Å². The lowest BCUT2D eigenvalue weighted by Crippen LogP contribution is -2.35. The van der Waals surface area contributed by atoms with Crippen molar-refractivity contribution in [2.45, 2.75) is 32.9 Å². The van der Waals surface area contributed by atoms with Crippen molar-refractivity contribution in [3.05, 3.63) is 59.9 Å². The Balaban J connectivity index is 2.06. The Kier molecular flexibility index (Phi) is 4.63. The van der Waals surface area contributed by atoms with Crippen LogP contribution >= 0.6 is 0 Å². The van der Waals surface area contributed by atoms with Crippen molar-refractivity contribution >= 4 is 11.4 Å². The largest absolute Gasteiger partial charge is 0.345 e. The van der Waals surface area contributed by atoms with E-state index >= 15 is 0 Å². The molecule has 2 rings (SSSR count). The molecule has 0 atom stereocenters. The quantitative estimate of drug-likeness (QED) is 0.891. The SMILES string of the molecule is CN(c1ccc(F)cc1)c1ccc(CNC(C)(C)C)cc1. The maximum Gasteiger partial charge on any atom is 0.123 e. The summed E-state index contributed by atoms with van der Waals surface area (Å²) in [7, 11) is 1.98. The van der Waals surface area contributed by atoms with E-state index in [2.05, 4.69) is 50.4 Å². The molecule has 0 aliphatic carbocycles. The average molecular weight is 286 g/mol. The molecule has 2 aromatic rings. The second-order valence-corrected chi connectivity index (χ2v) is 6.31. The van der Waals surface area contributed by atoms with Gasteiger partial charge in [-0.25, -0.2) is 4.39 Å². The molecule has 3 heteroatoms. The third-order valence-corrected chi connectivity index (χ3v) is 3.36. The number of hydrogen-bond donors (Lipinski definition) is 1. The van der Waals surface area contributed by atoms with Crippen molar-refractivity contribution in [2.75, 3.05) is 11.9 Å². The van der Waals surface area contributed by atoms with E-state index in [1.165, 1.54) is 17.7 Å². The van der Waals surface area contributed by atoms with Gasteiger partial charge in [0.05, 0.1) is 0 Å². The zero-order valence-corrected chi connectivity index (χ0v) is 13.2. The molecule has 0 heterocycles. The van der Waals surface area contributed by atoms with E-state index in [1.807, 2.05) is 11.9 Å². The van der Waals surface area contributed by atoms with Gasteiger partial charge in [-0.15, -0.1) is 0 Å². The van der Waals surface area contributed by atoms with Crippen LogP contribution in [0.4, 0.5) is 15.8 Å². The Morgan fingerprint density at radius 3 is 1.86 bits per heavy atom. The van der Waals surface area contributed by atoms with E-state index in [-0.39, 0.29) is 11.4 Å². The van der Waals surface area contributed by atoms with Gasteiger partial charge in [-0.3, -0.25) is 0 Å². The Morgan fingerprint density at radius 2 is 1.38 bits per heavy atom. The summed E-state index contributed by atoms with van der Waals surface area (Å²) in [6.45, 7) is 7.32. The highest BCUT2D eigenvalue weighted by molar-refractivity contribution is 5.62. The molecule has 0 aliphatic rings. The molecule has 2 nitrogen and oxygen atoms in total. The standard InChI is InChI=1S/C18H23FN2/c1-18(2,3)20-13-14-5-9-16(10-6-14)21(4)17-11-7-15(19)8-12-17/h5-12,20H,13H2,1-4H3. The summed E-state index contributed by atoms with van der Waals surface area (Å²) in [4.78, 5) is 2.04. The summed E-state index contributed by atoms with van der Waals surface area (Å²) >= 11 is 0. The predicted octanol–water partition coefficient (Wildman–Crippen LogP) is 4.48. The molecule has 2 aromatic carbocycles. The Bertz CT molecular complexity index is 568. The highest BCUT2D eigenvalue weighted by atomic mass is 19.1. The predicted molar refractivity (Wildman–Crippen MR) is 87.5 cm³/mol. The molecule has 0 radical (unpaired) electrons. The van der Waals surface area contributed by atoms with Crippen LogP contribution in [0.1, 0.15) is 26.3 Å². The molecule has 21 heavy (non-hydrogen) atoms. The molecule has 1 N–H and O–H groups in total. The highest BCUT2D eigenvalue weighted by Gasteiger charge is 2.09. The number of halogens is 1. The lowest BCUT2D eigenvalue weighted by atomic mass is 10.1. The molecule has 0 bridgehead atoms. The van der Waals surface area contributed by atoms with Gasteiger partial charge in [0.2, 0.25) is 0 Å². The third kappa shape index (κ3) is 4.57. The topological polar surface area (TPSA) is 15.3 Å². The maximum absolute atomic E-state index is 13.0. The van der Waals surface area contributed by atoms with Crippen molar-refractivity contribution in [2.24, 2.45) is 0 Å². The number of nitrogens with zero attached hydrogens (tertiary/aromatic N) is 1. The summed E-state index contributed by atoms with van der Waals surface area (Å²) in [5.74, 6) is -0.212. The van der Waals surface area contributed by atoms with Crippen molar-refractivity contribution in [3.63, 3.8) is 0 Å². The number of benzene rings is 2. The Morgan fingerprint density at radius 1 is 0.905 bits per heavy atom.